The SMILES string of the molecule is CNCc1cccc(Oc2ccc([N+](=O)[O-])cn2)c1. The second-order valence-electron chi connectivity index (χ2n) is 3.89. The van der Waals surface area contributed by atoms with Gasteiger partial charge in [-0.15, -0.1) is 0 Å². The van der Waals surface area contributed by atoms with Crippen LogP contribution in [0.1, 0.15) is 5.56 Å². The minimum atomic E-state index is -0.496. The summed E-state index contributed by atoms with van der Waals surface area (Å²) in [5.41, 5.74) is 1.03. The van der Waals surface area contributed by atoms with E-state index in [9.17, 15) is 10.1 Å². The summed E-state index contributed by atoms with van der Waals surface area (Å²) < 4.78 is 5.54. The first-order valence-corrected chi connectivity index (χ1v) is 5.71. The zero-order valence-electron chi connectivity index (χ0n) is 10.4. The summed E-state index contributed by atoms with van der Waals surface area (Å²) in [6.45, 7) is 0.741. The Hall–Kier alpha value is -2.47. The number of rotatable bonds is 5. The number of benzene rings is 1. The van der Waals surface area contributed by atoms with E-state index in [1.54, 1.807) is 0 Å². The van der Waals surface area contributed by atoms with Gasteiger partial charge in [-0.3, -0.25) is 10.1 Å². The zero-order valence-corrected chi connectivity index (χ0v) is 10.4. The van der Waals surface area contributed by atoms with Crippen LogP contribution < -0.4 is 10.1 Å². The fourth-order valence-corrected chi connectivity index (χ4v) is 1.58. The summed E-state index contributed by atoms with van der Waals surface area (Å²) in [5, 5.41) is 13.6. The van der Waals surface area contributed by atoms with E-state index in [1.165, 1.54) is 18.3 Å². The second kappa shape index (κ2) is 5.92. The molecule has 0 radical (unpaired) electrons. The van der Waals surface area contributed by atoms with Gasteiger partial charge in [0, 0.05) is 18.7 Å². The maximum Gasteiger partial charge on any atom is 0.287 e. The van der Waals surface area contributed by atoms with Crippen molar-refractivity contribution in [2.24, 2.45) is 0 Å². The van der Waals surface area contributed by atoms with Gasteiger partial charge in [-0.1, -0.05) is 12.1 Å². The van der Waals surface area contributed by atoms with Gasteiger partial charge in [-0.25, -0.2) is 4.98 Å². The van der Waals surface area contributed by atoms with Crippen LogP contribution in [0.15, 0.2) is 42.6 Å². The molecule has 1 aromatic carbocycles. The fourth-order valence-electron chi connectivity index (χ4n) is 1.58. The molecular weight excluding hydrogens is 246 g/mol. The Morgan fingerprint density at radius 3 is 2.84 bits per heavy atom. The van der Waals surface area contributed by atoms with Crippen molar-refractivity contribution < 1.29 is 9.66 Å². The lowest BCUT2D eigenvalue weighted by atomic mass is 10.2. The van der Waals surface area contributed by atoms with Gasteiger partial charge in [0.1, 0.15) is 11.9 Å². The van der Waals surface area contributed by atoms with Gasteiger partial charge >= 0.3 is 0 Å². The molecule has 0 aliphatic rings. The molecule has 6 heteroatoms. The zero-order chi connectivity index (χ0) is 13.7. The summed E-state index contributed by atoms with van der Waals surface area (Å²) in [7, 11) is 1.87. The molecule has 0 atom stereocenters. The maximum atomic E-state index is 10.5. The van der Waals surface area contributed by atoms with Crippen molar-refractivity contribution >= 4 is 5.69 Å². The van der Waals surface area contributed by atoms with Crippen LogP contribution in [-0.4, -0.2) is 17.0 Å². The number of pyridine rings is 1. The lowest BCUT2D eigenvalue weighted by Crippen LogP contribution is -2.04. The van der Waals surface area contributed by atoms with Crippen molar-refractivity contribution in [3.8, 4) is 11.6 Å². The standard InChI is InChI=1S/C13H13N3O3/c1-14-8-10-3-2-4-12(7-10)19-13-6-5-11(9-15-13)16(17)18/h2-7,9,14H,8H2,1H3. The van der Waals surface area contributed by atoms with E-state index in [0.717, 1.165) is 12.1 Å². The van der Waals surface area contributed by atoms with Crippen molar-refractivity contribution in [1.29, 1.82) is 0 Å². The summed E-state index contributed by atoms with van der Waals surface area (Å²) in [4.78, 5) is 13.9. The molecule has 1 heterocycles. The molecule has 1 aromatic heterocycles. The average Bonchev–Trinajstić information content (AvgIpc) is 2.40. The highest BCUT2D eigenvalue weighted by molar-refractivity contribution is 5.34. The summed E-state index contributed by atoms with van der Waals surface area (Å²) in [6, 6.07) is 10.4. The monoisotopic (exact) mass is 259 g/mol. The number of hydrogen-bond donors (Lipinski definition) is 1. The fraction of sp³-hybridized carbons (Fsp3) is 0.154. The van der Waals surface area contributed by atoms with Gasteiger partial charge in [-0.2, -0.15) is 0 Å². The van der Waals surface area contributed by atoms with Crippen LogP contribution in [0.5, 0.6) is 11.6 Å². The van der Waals surface area contributed by atoms with Crippen LogP contribution in [-0.2, 0) is 6.54 Å². The highest BCUT2D eigenvalue weighted by Gasteiger charge is 2.06. The molecule has 6 nitrogen and oxygen atoms in total. The summed E-state index contributed by atoms with van der Waals surface area (Å²) in [6.07, 6.45) is 1.17. The summed E-state index contributed by atoms with van der Waals surface area (Å²) >= 11 is 0. The predicted octanol–water partition coefficient (Wildman–Crippen LogP) is 2.50. The molecule has 98 valence electrons. The van der Waals surface area contributed by atoms with E-state index in [4.69, 9.17) is 4.74 Å². The molecule has 0 aliphatic heterocycles. The van der Waals surface area contributed by atoms with Crippen LogP contribution in [0.25, 0.3) is 0 Å². The molecule has 0 amide bonds. The first-order valence-electron chi connectivity index (χ1n) is 5.71. The van der Waals surface area contributed by atoms with Crippen molar-refractivity contribution in [1.82, 2.24) is 10.3 Å². The second-order valence-corrected chi connectivity index (χ2v) is 3.89. The smallest absolute Gasteiger partial charge is 0.287 e. The molecule has 0 saturated heterocycles. The molecule has 2 aromatic rings. The first-order chi connectivity index (χ1) is 9.19. The maximum absolute atomic E-state index is 10.5. The Bertz CT molecular complexity index is 570. The van der Waals surface area contributed by atoms with Crippen molar-refractivity contribution in [2.45, 2.75) is 6.54 Å². The number of aromatic nitrogens is 1. The molecule has 0 saturated carbocycles. The Balaban J connectivity index is 2.12. The molecule has 0 bridgehead atoms. The van der Waals surface area contributed by atoms with Gasteiger partial charge in [0.2, 0.25) is 5.88 Å². The van der Waals surface area contributed by atoms with Crippen LogP contribution in [0.3, 0.4) is 0 Å². The highest BCUT2D eigenvalue weighted by atomic mass is 16.6. The minimum Gasteiger partial charge on any atom is -0.439 e. The van der Waals surface area contributed by atoms with Crippen molar-refractivity contribution in [3.63, 3.8) is 0 Å². The van der Waals surface area contributed by atoms with Crippen LogP contribution in [0.4, 0.5) is 5.69 Å². The molecule has 1 N–H and O–H groups in total. The van der Waals surface area contributed by atoms with Gasteiger partial charge < -0.3 is 10.1 Å². The highest BCUT2D eigenvalue weighted by Crippen LogP contribution is 2.21. The van der Waals surface area contributed by atoms with Crippen molar-refractivity contribution in [3.05, 3.63) is 58.3 Å². The van der Waals surface area contributed by atoms with Gasteiger partial charge in [0.25, 0.3) is 5.69 Å². The molecule has 19 heavy (non-hydrogen) atoms. The Kier molecular flexibility index (Phi) is 4.04. The van der Waals surface area contributed by atoms with Gasteiger partial charge in [-0.05, 0) is 24.7 Å². The minimum absolute atomic E-state index is 0.0590. The van der Waals surface area contributed by atoms with Gasteiger partial charge in [0.05, 0.1) is 4.92 Å². The van der Waals surface area contributed by atoms with E-state index in [1.807, 2.05) is 31.3 Å². The average molecular weight is 259 g/mol. The van der Waals surface area contributed by atoms with E-state index < -0.39 is 4.92 Å². The number of nitrogens with zero attached hydrogens (tertiary/aromatic N) is 2. The molecule has 0 unspecified atom stereocenters. The van der Waals surface area contributed by atoms with Crippen LogP contribution >= 0.6 is 0 Å². The van der Waals surface area contributed by atoms with E-state index in [-0.39, 0.29) is 5.69 Å². The van der Waals surface area contributed by atoms with E-state index in [2.05, 4.69) is 10.3 Å². The molecule has 0 aliphatic carbocycles. The Morgan fingerprint density at radius 2 is 2.21 bits per heavy atom. The Morgan fingerprint density at radius 1 is 1.37 bits per heavy atom. The van der Waals surface area contributed by atoms with Gasteiger partial charge in [0.15, 0.2) is 0 Å². The van der Waals surface area contributed by atoms with E-state index in [0.29, 0.717) is 11.6 Å². The third-order valence-corrected chi connectivity index (χ3v) is 2.43. The lowest BCUT2D eigenvalue weighted by molar-refractivity contribution is -0.385. The quantitative estimate of drug-likeness (QED) is 0.659. The molecule has 0 fully saturated rings. The van der Waals surface area contributed by atoms with E-state index >= 15 is 0 Å². The normalized spacial score (nSPS) is 10.2. The molecular formula is C13H13N3O3. The number of nitro groups is 1. The topological polar surface area (TPSA) is 77.3 Å². The third kappa shape index (κ3) is 3.49. The first kappa shape index (κ1) is 13.0. The lowest BCUT2D eigenvalue weighted by Gasteiger charge is -2.06. The number of hydrogen-bond acceptors (Lipinski definition) is 5. The molecule has 2 rings (SSSR count). The third-order valence-electron chi connectivity index (χ3n) is 2.43. The Labute approximate surface area is 110 Å². The predicted molar refractivity (Wildman–Crippen MR) is 70.2 cm³/mol. The van der Waals surface area contributed by atoms with Crippen molar-refractivity contribution in [2.75, 3.05) is 7.05 Å². The number of nitrogens with one attached hydrogen (secondary N) is 1. The molecule has 0 spiro atoms. The number of ether oxygens (including phenoxy) is 1. The largest absolute Gasteiger partial charge is 0.439 e. The van der Waals surface area contributed by atoms with Crippen LogP contribution in [0, 0.1) is 10.1 Å². The summed E-state index contributed by atoms with van der Waals surface area (Å²) in [5.74, 6) is 0.973. The van der Waals surface area contributed by atoms with Crippen LogP contribution in [0.2, 0.25) is 0 Å².